The Balaban J connectivity index is 2.03. The molecule has 0 fully saturated rings. The molecule has 0 radical (unpaired) electrons. The lowest BCUT2D eigenvalue weighted by Crippen LogP contribution is -1.90. The number of phenols is 1. The number of methoxy groups -OCH3 is 2. The molecule has 0 bridgehead atoms. The molecule has 0 unspecified atom stereocenters. The molecule has 1 aromatic heterocycles. The van der Waals surface area contributed by atoms with Crippen molar-refractivity contribution < 1.29 is 14.6 Å². The minimum Gasteiger partial charge on any atom is -0.502 e. The van der Waals surface area contributed by atoms with Gasteiger partial charge in [-0.05, 0) is 42.0 Å². The number of halogens is 2. The molecule has 1 heterocycles. The summed E-state index contributed by atoms with van der Waals surface area (Å²) in [5.74, 6) is 1.11. The Labute approximate surface area is 152 Å². The number of aromatic amines is 1. The smallest absolute Gasteiger partial charge is 0.200 e. The minimum absolute atomic E-state index is 0.0538. The fourth-order valence-electron chi connectivity index (χ4n) is 2.31. The van der Waals surface area contributed by atoms with Crippen LogP contribution in [0.4, 0.5) is 0 Å². The number of hydrogen-bond donors (Lipinski definition) is 2. The molecule has 0 aliphatic heterocycles. The summed E-state index contributed by atoms with van der Waals surface area (Å²) in [6.07, 6.45) is 1.72. The molecule has 3 aromatic rings. The van der Waals surface area contributed by atoms with Gasteiger partial charge in [0.2, 0.25) is 5.75 Å². The van der Waals surface area contributed by atoms with Gasteiger partial charge in [0.1, 0.15) is 5.82 Å². The third-order valence-electron chi connectivity index (χ3n) is 3.47. The predicted octanol–water partition coefficient (Wildman–Crippen LogP) is 4.79. The molecule has 0 atom stereocenters. The van der Waals surface area contributed by atoms with Gasteiger partial charge in [0.05, 0.1) is 30.3 Å². The fraction of sp³-hybridized carbons (Fsp3) is 0.118. The minimum atomic E-state index is -0.0538. The van der Waals surface area contributed by atoms with Crippen molar-refractivity contribution in [2.24, 2.45) is 0 Å². The second-order valence-electron chi connectivity index (χ2n) is 5.01. The number of fused-ring (bicyclic) bond motifs is 1. The Morgan fingerprint density at radius 2 is 1.88 bits per heavy atom. The standard InChI is InChI=1S/C17H14BrClN2O3/c1-23-14-6-9(7-15(24-2)16(14)22)5-11(19)17-20-12-4-3-10(18)8-13(12)21-17/h3-8,22H,1-2H3,(H,20,21)/b11-5-. The van der Waals surface area contributed by atoms with Crippen LogP contribution in [0, 0.1) is 0 Å². The summed E-state index contributed by atoms with van der Waals surface area (Å²) in [6, 6.07) is 9.08. The largest absolute Gasteiger partial charge is 0.502 e. The molecule has 5 nitrogen and oxygen atoms in total. The highest BCUT2D eigenvalue weighted by molar-refractivity contribution is 9.10. The van der Waals surface area contributed by atoms with Crippen molar-refractivity contribution in [1.29, 1.82) is 0 Å². The first-order chi connectivity index (χ1) is 11.5. The third kappa shape index (κ3) is 3.20. The second kappa shape index (κ2) is 6.75. The number of rotatable bonds is 4. The molecule has 3 rings (SSSR count). The lowest BCUT2D eigenvalue weighted by atomic mass is 10.1. The van der Waals surface area contributed by atoms with Crippen LogP contribution in [0.2, 0.25) is 0 Å². The molecule has 24 heavy (non-hydrogen) atoms. The highest BCUT2D eigenvalue weighted by Crippen LogP contribution is 2.38. The van der Waals surface area contributed by atoms with E-state index in [1.54, 1.807) is 18.2 Å². The number of aromatic nitrogens is 2. The van der Waals surface area contributed by atoms with Gasteiger partial charge in [0, 0.05) is 4.47 Å². The van der Waals surface area contributed by atoms with E-state index in [4.69, 9.17) is 21.1 Å². The number of nitrogens with one attached hydrogen (secondary N) is 1. The van der Waals surface area contributed by atoms with E-state index >= 15 is 0 Å². The van der Waals surface area contributed by atoms with Crippen LogP contribution in [-0.4, -0.2) is 29.3 Å². The third-order valence-corrected chi connectivity index (χ3v) is 4.25. The van der Waals surface area contributed by atoms with Gasteiger partial charge in [-0.25, -0.2) is 4.98 Å². The second-order valence-corrected chi connectivity index (χ2v) is 6.34. The van der Waals surface area contributed by atoms with E-state index in [1.165, 1.54) is 14.2 Å². The predicted molar refractivity (Wildman–Crippen MR) is 98.7 cm³/mol. The maximum Gasteiger partial charge on any atom is 0.200 e. The van der Waals surface area contributed by atoms with Crippen LogP contribution in [0.1, 0.15) is 11.4 Å². The summed E-state index contributed by atoms with van der Waals surface area (Å²) in [5, 5.41) is 10.4. The number of benzene rings is 2. The molecule has 0 aliphatic rings. The van der Waals surface area contributed by atoms with Gasteiger partial charge < -0.3 is 19.6 Å². The van der Waals surface area contributed by atoms with E-state index < -0.39 is 0 Å². The van der Waals surface area contributed by atoms with Crippen molar-refractivity contribution in [3.8, 4) is 17.2 Å². The SMILES string of the molecule is COc1cc(/C=C(\Cl)c2nc3ccc(Br)cc3[nH]2)cc(OC)c1O. The zero-order chi connectivity index (χ0) is 17.3. The summed E-state index contributed by atoms with van der Waals surface area (Å²) >= 11 is 9.82. The van der Waals surface area contributed by atoms with Crippen LogP contribution in [0.5, 0.6) is 17.2 Å². The van der Waals surface area contributed by atoms with Crippen molar-refractivity contribution in [2.45, 2.75) is 0 Å². The summed E-state index contributed by atoms with van der Waals surface area (Å²) in [6.45, 7) is 0. The Kier molecular flexibility index (Phi) is 4.69. The topological polar surface area (TPSA) is 67.4 Å². The highest BCUT2D eigenvalue weighted by atomic mass is 79.9. The number of imidazole rings is 1. The number of hydrogen-bond acceptors (Lipinski definition) is 4. The number of nitrogens with zero attached hydrogens (tertiary/aromatic N) is 1. The van der Waals surface area contributed by atoms with Gasteiger partial charge in [0.15, 0.2) is 11.5 Å². The molecule has 124 valence electrons. The first-order valence-electron chi connectivity index (χ1n) is 6.99. The van der Waals surface area contributed by atoms with Crippen molar-refractivity contribution in [2.75, 3.05) is 14.2 Å². The molecule has 0 aliphatic carbocycles. The van der Waals surface area contributed by atoms with Gasteiger partial charge in [-0.1, -0.05) is 27.5 Å². The molecule has 0 amide bonds. The lowest BCUT2D eigenvalue weighted by Gasteiger charge is -2.09. The summed E-state index contributed by atoms with van der Waals surface area (Å²) in [5.41, 5.74) is 2.42. The number of ether oxygens (including phenoxy) is 2. The molecule has 2 aromatic carbocycles. The molecular formula is C17H14BrClN2O3. The van der Waals surface area contributed by atoms with Crippen LogP contribution in [0.3, 0.4) is 0 Å². The van der Waals surface area contributed by atoms with Crippen LogP contribution in [0.25, 0.3) is 22.1 Å². The van der Waals surface area contributed by atoms with Gasteiger partial charge >= 0.3 is 0 Å². The normalized spacial score (nSPS) is 11.8. The van der Waals surface area contributed by atoms with E-state index in [0.717, 1.165) is 15.5 Å². The average Bonchev–Trinajstić information content (AvgIpc) is 2.99. The maximum atomic E-state index is 9.96. The Hall–Kier alpha value is -2.18. The van der Waals surface area contributed by atoms with Crippen molar-refractivity contribution in [1.82, 2.24) is 9.97 Å². The van der Waals surface area contributed by atoms with Crippen LogP contribution in [-0.2, 0) is 0 Å². The van der Waals surface area contributed by atoms with Crippen molar-refractivity contribution in [3.05, 3.63) is 46.2 Å². The van der Waals surface area contributed by atoms with Crippen LogP contribution in [0.15, 0.2) is 34.8 Å². The first-order valence-corrected chi connectivity index (χ1v) is 8.16. The van der Waals surface area contributed by atoms with Crippen molar-refractivity contribution in [3.63, 3.8) is 0 Å². The van der Waals surface area contributed by atoms with Gasteiger partial charge in [0.25, 0.3) is 0 Å². The molecule has 0 spiro atoms. The summed E-state index contributed by atoms with van der Waals surface area (Å²) in [7, 11) is 2.95. The molecular weight excluding hydrogens is 396 g/mol. The number of phenolic OH excluding ortho intramolecular Hbond substituents is 1. The Morgan fingerprint density at radius 1 is 1.21 bits per heavy atom. The quantitative estimate of drug-likeness (QED) is 0.650. The Bertz CT molecular complexity index is 912. The van der Waals surface area contributed by atoms with Gasteiger partial charge in [-0.3, -0.25) is 0 Å². The highest BCUT2D eigenvalue weighted by Gasteiger charge is 2.12. The number of H-pyrrole nitrogens is 1. The lowest BCUT2D eigenvalue weighted by molar-refractivity contribution is 0.340. The summed E-state index contributed by atoms with van der Waals surface area (Å²) in [4.78, 5) is 7.64. The summed E-state index contributed by atoms with van der Waals surface area (Å²) < 4.78 is 11.2. The van der Waals surface area contributed by atoms with Crippen LogP contribution < -0.4 is 9.47 Å². The molecule has 0 saturated carbocycles. The van der Waals surface area contributed by atoms with E-state index in [-0.39, 0.29) is 5.75 Å². The Morgan fingerprint density at radius 3 is 2.50 bits per heavy atom. The van der Waals surface area contributed by atoms with E-state index in [9.17, 15) is 5.11 Å². The van der Waals surface area contributed by atoms with Gasteiger partial charge in [-0.15, -0.1) is 0 Å². The monoisotopic (exact) mass is 408 g/mol. The van der Waals surface area contributed by atoms with E-state index in [2.05, 4.69) is 25.9 Å². The maximum absolute atomic E-state index is 9.96. The van der Waals surface area contributed by atoms with E-state index in [1.807, 2.05) is 18.2 Å². The van der Waals surface area contributed by atoms with Crippen molar-refractivity contribution >= 4 is 49.7 Å². The molecule has 7 heteroatoms. The molecule has 2 N–H and O–H groups in total. The zero-order valence-corrected chi connectivity index (χ0v) is 15.3. The molecule has 0 saturated heterocycles. The average molecular weight is 410 g/mol. The number of aromatic hydroxyl groups is 1. The zero-order valence-electron chi connectivity index (χ0n) is 12.9. The van der Waals surface area contributed by atoms with Crippen LogP contribution >= 0.6 is 27.5 Å². The first kappa shape index (κ1) is 16.7. The fourth-order valence-corrected chi connectivity index (χ4v) is 2.88. The van der Waals surface area contributed by atoms with E-state index in [0.29, 0.717) is 27.9 Å². The van der Waals surface area contributed by atoms with Gasteiger partial charge in [-0.2, -0.15) is 0 Å².